The molecule has 0 aliphatic heterocycles. The molecule has 0 saturated carbocycles. The van der Waals surface area contributed by atoms with Gasteiger partial charge in [0.05, 0.1) is 11.1 Å². The lowest BCUT2D eigenvalue weighted by atomic mass is 10.1. The van der Waals surface area contributed by atoms with Crippen LogP contribution in [0.2, 0.25) is 0 Å². The molecule has 0 spiro atoms. The zero-order valence-electron chi connectivity index (χ0n) is 16.1. The first-order chi connectivity index (χ1) is 14.7. The maximum absolute atomic E-state index is 12.6. The largest absolute Gasteiger partial charge is 0.321 e. The van der Waals surface area contributed by atoms with Gasteiger partial charge in [-0.15, -0.1) is 11.3 Å². The van der Waals surface area contributed by atoms with Crippen LogP contribution in [0.4, 0.5) is 5.69 Å². The molecule has 0 aliphatic carbocycles. The van der Waals surface area contributed by atoms with E-state index in [1.807, 2.05) is 67.2 Å². The summed E-state index contributed by atoms with van der Waals surface area (Å²) in [6, 6.07) is 13.5. The van der Waals surface area contributed by atoms with E-state index in [1.54, 1.807) is 23.1 Å². The minimum Gasteiger partial charge on any atom is -0.321 e. The number of carbonyl (C=O) groups is 1. The standard InChI is InChI=1S/C23H17N5OS/c1-15-4-6-19(7-5-15)27-23(29)21-9-17(14-30-21)20-12-26-28-13-18(11-25-22(20)28)16-3-2-8-24-10-16/h2-14H,1H3,(H,27,29). The lowest BCUT2D eigenvalue weighted by Crippen LogP contribution is -2.09. The Labute approximate surface area is 176 Å². The van der Waals surface area contributed by atoms with Crippen molar-refractivity contribution in [2.45, 2.75) is 6.92 Å². The SMILES string of the molecule is Cc1ccc(NC(=O)c2cc(-c3cnn4cc(-c5cccnc5)cnc34)cs2)cc1. The topological polar surface area (TPSA) is 72.2 Å². The number of rotatable bonds is 4. The van der Waals surface area contributed by atoms with Crippen LogP contribution in [0.1, 0.15) is 15.2 Å². The summed E-state index contributed by atoms with van der Waals surface area (Å²) in [5.41, 5.74) is 6.40. The number of anilines is 1. The maximum atomic E-state index is 12.6. The van der Waals surface area contributed by atoms with E-state index in [2.05, 4.69) is 20.4 Å². The van der Waals surface area contributed by atoms with Crippen molar-refractivity contribution in [2.24, 2.45) is 0 Å². The summed E-state index contributed by atoms with van der Waals surface area (Å²) in [5.74, 6) is -0.126. The molecule has 5 aromatic rings. The van der Waals surface area contributed by atoms with Crippen molar-refractivity contribution >= 4 is 28.6 Å². The highest BCUT2D eigenvalue weighted by atomic mass is 32.1. The molecule has 6 nitrogen and oxygen atoms in total. The fraction of sp³-hybridized carbons (Fsp3) is 0.0435. The number of hydrogen-bond donors (Lipinski definition) is 1. The number of pyridine rings is 1. The second kappa shape index (κ2) is 7.53. The number of nitrogens with zero attached hydrogens (tertiary/aromatic N) is 4. The van der Waals surface area contributed by atoms with E-state index < -0.39 is 0 Å². The van der Waals surface area contributed by atoms with Gasteiger partial charge in [0.15, 0.2) is 5.65 Å². The molecule has 0 fully saturated rings. The van der Waals surface area contributed by atoms with Gasteiger partial charge in [-0.1, -0.05) is 23.8 Å². The summed E-state index contributed by atoms with van der Waals surface area (Å²) in [7, 11) is 0. The van der Waals surface area contributed by atoms with Crippen LogP contribution in [-0.4, -0.2) is 25.5 Å². The Balaban J connectivity index is 1.41. The van der Waals surface area contributed by atoms with Crippen LogP contribution in [0.25, 0.3) is 27.9 Å². The Hall–Kier alpha value is -3.84. The van der Waals surface area contributed by atoms with Gasteiger partial charge in [-0.3, -0.25) is 9.78 Å². The van der Waals surface area contributed by atoms with Gasteiger partial charge in [0.25, 0.3) is 5.91 Å². The highest BCUT2D eigenvalue weighted by molar-refractivity contribution is 7.12. The van der Waals surface area contributed by atoms with Crippen LogP contribution in [0.3, 0.4) is 0 Å². The molecule has 1 N–H and O–H groups in total. The van der Waals surface area contributed by atoms with Crippen LogP contribution in [-0.2, 0) is 0 Å². The van der Waals surface area contributed by atoms with E-state index in [0.717, 1.165) is 39.2 Å². The van der Waals surface area contributed by atoms with E-state index in [4.69, 9.17) is 0 Å². The first kappa shape index (κ1) is 18.2. The molecule has 0 aliphatic rings. The molecule has 30 heavy (non-hydrogen) atoms. The van der Waals surface area contributed by atoms with Gasteiger partial charge in [-0.2, -0.15) is 5.10 Å². The zero-order chi connectivity index (χ0) is 20.5. The highest BCUT2D eigenvalue weighted by Crippen LogP contribution is 2.29. The van der Waals surface area contributed by atoms with Gasteiger partial charge >= 0.3 is 0 Å². The number of carbonyl (C=O) groups excluding carboxylic acids is 1. The molecule has 1 amide bonds. The lowest BCUT2D eigenvalue weighted by molar-refractivity contribution is 0.103. The molecule has 0 saturated heterocycles. The van der Waals surface area contributed by atoms with Crippen molar-refractivity contribution in [3.63, 3.8) is 0 Å². The molecule has 4 aromatic heterocycles. The molecule has 1 aromatic carbocycles. The number of aromatic nitrogens is 4. The average Bonchev–Trinajstić information content (AvgIpc) is 3.42. The second-order valence-electron chi connectivity index (χ2n) is 6.93. The number of benzene rings is 1. The van der Waals surface area contributed by atoms with Gasteiger partial charge in [0, 0.05) is 47.2 Å². The zero-order valence-corrected chi connectivity index (χ0v) is 16.9. The van der Waals surface area contributed by atoms with Crippen LogP contribution >= 0.6 is 11.3 Å². The van der Waals surface area contributed by atoms with Crippen molar-refractivity contribution in [1.29, 1.82) is 0 Å². The number of amides is 1. The fourth-order valence-electron chi connectivity index (χ4n) is 3.19. The molecule has 7 heteroatoms. The number of hydrogen-bond acceptors (Lipinski definition) is 5. The van der Waals surface area contributed by atoms with Crippen LogP contribution in [0, 0.1) is 6.92 Å². The summed E-state index contributed by atoms with van der Waals surface area (Å²) >= 11 is 1.40. The van der Waals surface area contributed by atoms with E-state index in [1.165, 1.54) is 11.3 Å². The van der Waals surface area contributed by atoms with Crippen molar-refractivity contribution in [3.05, 3.63) is 89.3 Å². The summed E-state index contributed by atoms with van der Waals surface area (Å²) in [4.78, 5) is 22.0. The number of nitrogens with one attached hydrogen (secondary N) is 1. The minimum absolute atomic E-state index is 0.126. The van der Waals surface area contributed by atoms with Crippen molar-refractivity contribution in [3.8, 4) is 22.3 Å². The smallest absolute Gasteiger partial charge is 0.265 e. The third-order valence-electron chi connectivity index (χ3n) is 4.79. The van der Waals surface area contributed by atoms with Gasteiger partial charge in [0.1, 0.15) is 0 Å². The average molecular weight is 411 g/mol. The molecule has 0 atom stereocenters. The number of fused-ring (bicyclic) bond motifs is 1. The summed E-state index contributed by atoms with van der Waals surface area (Å²) < 4.78 is 1.75. The Morgan fingerprint density at radius 2 is 1.90 bits per heavy atom. The molecule has 146 valence electrons. The monoisotopic (exact) mass is 411 g/mol. The van der Waals surface area contributed by atoms with Gasteiger partial charge < -0.3 is 5.32 Å². The predicted octanol–water partition coefficient (Wildman–Crippen LogP) is 5.08. The Kier molecular flexibility index (Phi) is 4.57. The molecule has 0 unspecified atom stereocenters. The Morgan fingerprint density at radius 3 is 2.70 bits per heavy atom. The van der Waals surface area contributed by atoms with Crippen molar-refractivity contribution < 1.29 is 4.79 Å². The van der Waals surface area contributed by atoms with Crippen LogP contribution in [0.15, 0.2) is 78.8 Å². The van der Waals surface area contributed by atoms with E-state index in [9.17, 15) is 4.79 Å². The molecule has 5 rings (SSSR count). The molecule has 0 radical (unpaired) electrons. The number of aryl methyl sites for hydroxylation is 1. The number of thiophene rings is 1. The van der Waals surface area contributed by atoms with E-state index in [-0.39, 0.29) is 5.91 Å². The highest BCUT2D eigenvalue weighted by Gasteiger charge is 2.14. The summed E-state index contributed by atoms with van der Waals surface area (Å²) in [6.45, 7) is 2.01. The molecule has 0 bridgehead atoms. The van der Waals surface area contributed by atoms with Crippen molar-refractivity contribution in [2.75, 3.05) is 5.32 Å². The van der Waals surface area contributed by atoms with E-state index >= 15 is 0 Å². The maximum Gasteiger partial charge on any atom is 0.265 e. The van der Waals surface area contributed by atoms with Crippen LogP contribution in [0.5, 0.6) is 0 Å². The first-order valence-corrected chi connectivity index (χ1v) is 10.3. The Morgan fingerprint density at radius 1 is 1.03 bits per heavy atom. The lowest BCUT2D eigenvalue weighted by Gasteiger charge is -2.03. The van der Waals surface area contributed by atoms with Gasteiger partial charge in [0.2, 0.25) is 0 Å². The molecular weight excluding hydrogens is 394 g/mol. The fourth-order valence-corrected chi connectivity index (χ4v) is 3.99. The third kappa shape index (κ3) is 3.46. The first-order valence-electron chi connectivity index (χ1n) is 9.38. The third-order valence-corrected chi connectivity index (χ3v) is 5.72. The normalized spacial score (nSPS) is 11.0. The quantitative estimate of drug-likeness (QED) is 0.448. The molecule has 4 heterocycles. The van der Waals surface area contributed by atoms with Gasteiger partial charge in [-0.25, -0.2) is 9.50 Å². The second-order valence-corrected chi connectivity index (χ2v) is 7.84. The van der Waals surface area contributed by atoms with E-state index in [0.29, 0.717) is 4.88 Å². The van der Waals surface area contributed by atoms with Gasteiger partial charge in [-0.05, 0) is 42.1 Å². The van der Waals surface area contributed by atoms with Crippen molar-refractivity contribution in [1.82, 2.24) is 19.6 Å². The predicted molar refractivity (Wildman–Crippen MR) is 119 cm³/mol. The molecular formula is C23H17N5OS. The Bertz CT molecular complexity index is 1340. The summed E-state index contributed by atoms with van der Waals surface area (Å²) in [5, 5.41) is 9.34. The minimum atomic E-state index is -0.126. The van der Waals surface area contributed by atoms with Crippen LogP contribution < -0.4 is 5.32 Å². The summed E-state index contributed by atoms with van der Waals surface area (Å²) in [6.07, 6.45) is 9.06.